The van der Waals surface area contributed by atoms with Gasteiger partial charge < -0.3 is 49.6 Å². The molecule has 10 nitrogen and oxygen atoms in total. The van der Waals surface area contributed by atoms with Crippen molar-refractivity contribution < 1.29 is 49.6 Å². The van der Waals surface area contributed by atoms with Crippen LogP contribution in [0.25, 0.3) is 0 Å². The Hall–Kier alpha value is -1.18. The fourth-order valence-electron chi connectivity index (χ4n) is 3.07. The van der Waals surface area contributed by atoms with Crippen molar-refractivity contribution in [2.75, 3.05) is 19.8 Å². The molecule has 1 aromatic rings. The van der Waals surface area contributed by atoms with Gasteiger partial charge in [0.15, 0.2) is 12.6 Å². The Morgan fingerprint density at radius 2 is 1.68 bits per heavy atom. The van der Waals surface area contributed by atoms with Gasteiger partial charge in [0.1, 0.15) is 36.1 Å². The second kappa shape index (κ2) is 9.09. The van der Waals surface area contributed by atoms with Crippen LogP contribution in [0.5, 0.6) is 0 Å². The van der Waals surface area contributed by atoms with E-state index in [1.165, 1.54) is 0 Å². The van der Waals surface area contributed by atoms with Crippen LogP contribution >= 0.6 is 0 Å². The van der Waals surface area contributed by atoms with Crippen LogP contribution in [0.3, 0.4) is 0 Å². The molecule has 0 amide bonds. The summed E-state index contributed by atoms with van der Waals surface area (Å²) in [5.74, 6) is 0. The van der Waals surface area contributed by atoms with Gasteiger partial charge in [-0.3, -0.25) is 0 Å². The van der Waals surface area contributed by atoms with Gasteiger partial charge in [-0.1, -0.05) is 30.3 Å². The highest BCUT2D eigenvalue weighted by atomic mass is 16.7. The van der Waals surface area contributed by atoms with Crippen LogP contribution in [-0.4, -0.2) is 99.2 Å². The summed E-state index contributed by atoms with van der Waals surface area (Å²) in [6, 6.07) is 9.14. The summed E-state index contributed by atoms with van der Waals surface area (Å²) in [6.07, 6.45) is -9.52. The van der Waals surface area contributed by atoms with Gasteiger partial charge in [0.05, 0.1) is 26.4 Å². The zero-order valence-electron chi connectivity index (χ0n) is 15.1. The van der Waals surface area contributed by atoms with E-state index in [1.54, 1.807) is 0 Å². The molecule has 0 spiro atoms. The highest BCUT2D eigenvalue weighted by Crippen LogP contribution is 2.27. The third-order valence-electron chi connectivity index (χ3n) is 4.93. The Kier molecular flexibility index (Phi) is 6.99. The first-order valence-electron chi connectivity index (χ1n) is 8.95. The Labute approximate surface area is 161 Å². The van der Waals surface area contributed by atoms with E-state index in [9.17, 15) is 25.5 Å². The maximum absolute atomic E-state index is 10.1. The summed E-state index contributed by atoms with van der Waals surface area (Å²) in [5, 5.41) is 59.4. The SMILES string of the molecule is OC[C@@]1(O)CO[C@@H](OC[C@@H]2O[C@@H](OCc3ccccc3)[C@H](O)[C@@H](O)[C@@H]2O)[C@@H]1O. The Balaban J connectivity index is 1.56. The Morgan fingerprint density at radius 3 is 2.32 bits per heavy atom. The van der Waals surface area contributed by atoms with E-state index >= 15 is 0 Å². The molecular weight excluding hydrogens is 376 g/mol. The topological polar surface area (TPSA) is 158 Å². The zero-order chi connectivity index (χ0) is 20.3. The molecular formula is C18H26O10. The predicted molar refractivity (Wildman–Crippen MR) is 91.6 cm³/mol. The molecule has 10 heteroatoms. The molecule has 28 heavy (non-hydrogen) atoms. The minimum absolute atomic E-state index is 0.118. The van der Waals surface area contributed by atoms with E-state index < -0.39 is 55.3 Å². The lowest BCUT2D eigenvalue weighted by molar-refractivity contribution is -0.312. The van der Waals surface area contributed by atoms with Crippen LogP contribution in [0.15, 0.2) is 30.3 Å². The average Bonchev–Trinajstić information content (AvgIpc) is 3.00. The first kappa shape index (κ1) is 21.5. The molecule has 0 bridgehead atoms. The number of ether oxygens (including phenoxy) is 4. The molecule has 0 radical (unpaired) electrons. The van der Waals surface area contributed by atoms with Gasteiger partial charge in [0.25, 0.3) is 0 Å². The molecule has 0 aromatic heterocycles. The molecule has 0 aliphatic carbocycles. The fourth-order valence-corrected chi connectivity index (χ4v) is 3.07. The van der Waals surface area contributed by atoms with Gasteiger partial charge in [-0.25, -0.2) is 0 Å². The molecule has 2 aliphatic heterocycles. The predicted octanol–water partition coefficient (Wildman–Crippen LogP) is -2.53. The molecule has 2 heterocycles. The van der Waals surface area contributed by atoms with Crippen molar-refractivity contribution in [1.29, 1.82) is 0 Å². The minimum Gasteiger partial charge on any atom is -0.393 e. The number of rotatable bonds is 7. The molecule has 158 valence electrons. The molecule has 6 N–H and O–H groups in total. The largest absolute Gasteiger partial charge is 0.393 e. The van der Waals surface area contributed by atoms with Crippen molar-refractivity contribution in [3.63, 3.8) is 0 Å². The number of hydrogen-bond donors (Lipinski definition) is 6. The number of aliphatic hydroxyl groups is 6. The lowest BCUT2D eigenvalue weighted by atomic mass is 9.99. The van der Waals surface area contributed by atoms with Crippen molar-refractivity contribution in [2.24, 2.45) is 0 Å². The van der Waals surface area contributed by atoms with E-state index in [4.69, 9.17) is 24.1 Å². The first-order chi connectivity index (χ1) is 13.4. The van der Waals surface area contributed by atoms with Gasteiger partial charge in [-0.15, -0.1) is 0 Å². The first-order valence-corrected chi connectivity index (χ1v) is 8.95. The van der Waals surface area contributed by atoms with E-state index in [2.05, 4.69) is 0 Å². The maximum atomic E-state index is 10.1. The minimum atomic E-state index is -1.84. The lowest BCUT2D eigenvalue weighted by Crippen LogP contribution is -2.59. The van der Waals surface area contributed by atoms with Crippen molar-refractivity contribution in [1.82, 2.24) is 0 Å². The van der Waals surface area contributed by atoms with Gasteiger partial charge in [-0.2, -0.15) is 0 Å². The molecule has 3 rings (SSSR count). The molecule has 2 saturated heterocycles. The molecule has 2 fully saturated rings. The second-order valence-corrected chi connectivity index (χ2v) is 7.03. The summed E-state index contributed by atoms with van der Waals surface area (Å²) in [5.41, 5.74) is -1.01. The standard InChI is InChI=1S/C18H26O10/c19-8-18(24)9-27-17(15(18)23)26-7-11-12(20)13(21)14(22)16(28-11)25-6-10-4-2-1-3-5-10/h1-5,11-17,19-24H,6-9H2/t11-,12+,13-,14+,15-,16+,17+,18+/m0/s1. The van der Waals surface area contributed by atoms with Crippen LogP contribution in [0.4, 0.5) is 0 Å². The van der Waals surface area contributed by atoms with Gasteiger partial charge >= 0.3 is 0 Å². The summed E-state index contributed by atoms with van der Waals surface area (Å²) >= 11 is 0. The zero-order valence-corrected chi connectivity index (χ0v) is 15.1. The normalized spacial score (nSPS) is 41.3. The van der Waals surface area contributed by atoms with E-state index in [-0.39, 0.29) is 19.8 Å². The van der Waals surface area contributed by atoms with Crippen molar-refractivity contribution in [3.05, 3.63) is 35.9 Å². The van der Waals surface area contributed by atoms with Gasteiger partial charge in [-0.05, 0) is 5.56 Å². The van der Waals surface area contributed by atoms with Crippen LogP contribution < -0.4 is 0 Å². The van der Waals surface area contributed by atoms with Crippen molar-refractivity contribution in [3.8, 4) is 0 Å². The quantitative estimate of drug-likeness (QED) is 0.287. The molecule has 8 atom stereocenters. The van der Waals surface area contributed by atoms with Crippen molar-refractivity contribution in [2.45, 2.75) is 55.3 Å². The van der Waals surface area contributed by atoms with Crippen LogP contribution in [0, 0.1) is 0 Å². The smallest absolute Gasteiger partial charge is 0.187 e. The third-order valence-corrected chi connectivity index (χ3v) is 4.93. The molecule has 2 aliphatic rings. The summed E-state index contributed by atoms with van der Waals surface area (Å²) in [7, 11) is 0. The van der Waals surface area contributed by atoms with Crippen LogP contribution in [0.2, 0.25) is 0 Å². The third kappa shape index (κ3) is 4.52. The molecule has 0 saturated carbocycles. The van der Waals surface area contributed by atoms with E-state index in [0.29, 0.717) is 0 Å². The Bertz CT molecular complexity index is 616. The van der Waals surface area contributed by atoms with Gasteiger partial charge in [0, 0.05) is 0 Å². The monoisotopic (exact) mass is 402 g/mol. The molecule has 0 unspecified atom stereocenters. The maximum Gasteiger partial charge on any atom is 0.187 e. The molecule has 1 aromatic carbocycles. The highest BCUT2D eigenvalue weighted by Gasteiger charge is 2.50. The average molecular weight is 402 g/mol. The number of benzene rings is 1. The number of hydrogen-bond acceptors (Lipinski definition) is 10. The number of aliphatic hydroxyl groups excluding tert-OH is 5. The highest BCUT2D eigenvalue weighted by molar-refractivity contribution is 5.13. The summed E-state index contributed by atoms with van der Waals surface area (Å²) in [6.45, 7) is -1.24. The van der Waals surface area contributed by atoms with E-state index in [1.807, 2.05) is 30.3 Å². The Morgan fingerprint density at radius 1 is 0.964 bits per heavy atom. The van der Waals surface area contributed by atoms with Crippen LogP contribution in [-0.2, 0) is 25.6 Å². The lowest BCUT2D eigenvalue weighted by Gasteiger charge is -2.40. The van der Waals surface area contributed by atoms with Crippen molar-refractivity contribution >= 4 is 0 Å². The summed E-state index contributed by atoms with van der Waals surface area (Å²) in [4.78, 5) is 0. The fraction of sp³-hybridized carbons (Fsp3) is 0.667. The summed E-state index contributed by atoms with van der Waals surface area (Å²) < 4.78 is 21.5. The van der Waals surface area contributed by atoms with E-state index in [0.717, 1.165) is 5.56 Å². The van der Waals surface area contributed by atoms with Crippen LogP contribution in [0.1, 0.15) is 5.56 Å². The van der Waals surface area contributed by atoms with Gasteiger partial charge in [0.2, 0.25) is 0 Å². The second-order valence-electron chi connectivity index (χ2n) is 7.03.